The molecule has 3 N–H and O–H groups in total. The molecule has 2 aromatic carbocycles. The number of anilines is 1. The van der Waals surface area contributed by atoms with E-state index in [4.69, 9.17) is 4.42 Å². The van der Waals surface area contributed by atoms with Crippen LogP contribution in [0.3, 0.4) is 0 Å². The first-order chi connectivity index (χ1) is 15.0. The predicted molar refractivity (Wildman–Crippen MR) is 122 cm³/mol. The molecule has 3 amide bonds. The maximum absolute atomic E-state index is 12.5. The quantitative estimate of drug-likeness (QED) is 0.397. The first-order valence-electron chi connectivity index (χ1n) is 9.88. The number of benzene rings is 2. The fourth-order valence-corrected chi connectivity index (χ4v) is 3.88. The molecule has 0 spiro atoms. The SMILES string of the molecule is CC(C)NC(=O)Nc1ccc(CNC(=O)c2ccc(-c3nc4ccccc4s3)o2)cc1. The molecular weight excluding hydrogens is 412 g/mol. The second kappa shape index (κ2) is 9.01. The average molecular weight is 435 g/mol. The second-order valence-electron chi connectivity index (χ2n) is 7.28. The Labute approximate surface area is 183 Å². The Morgan fingerprint density at radius 2 is 1.81 bits per heavy atom. The van der Waals surface area contributed by atoms with Crippen LogP contribution in [-0.2, 0) is 6.54 Å². The number of nitrogens with one attached hydrogen (secondary N) is 3. The second-order valence-corrected chi connectivity index (χ2v) is 8.31. The van der Waals surface area contributed by atoms with Crippen molar-refractivity contribution in [2.75, 3.05) is 5.32 Å². The van der Waals surface area contributed by atoms with Crippen LogP contribution in [-0.4, -0.2) is 23.0 Å². The molecule has 0 saturated heterocycles. The van der Waals surface area contributed by atoms with Crippen LogP contribution in [0.2, 0.25) is 0 Å². The number of furan rings is 1. The van der Waals surface area contributed by atoms with Crippen molar-refractivity contribution in [1.82, 2.24) is 15.6 Å². The Morgan fingerprint density at radius 1 is 1.03 bits per heavy atom. The van der Waals surface area contributed by atoms with Crippen molar-refractivity contribution in [3.05, 3.63) is 72.0 Å². The van der Waals surface area contributed by atoms with Crippen LogP contribution in [0.15, 0.2) is 65.1 Å². The number of carbonyl (C=O) groups excluding carboxylic acids is 2. The van der Waals surface area contributed by atoms with Crippen LogP contribution in [0.1, 0.15) is 30.0 Å². The average Bonchev–Trinajstić information content (AvgIpc) is 3.39. The molecule has 0 atom stereocenters. The van der Waals surface area contributed by atoms with Gasteiger partial charge in [0.1, 0.15) is 0 Å². The number of urea groups is 1. The number of amides is 3. The lowest BCUT2D eigenvalue weighted by atomic mass is 10.2. The topological polar surface area (TPSA) is 96.3 Å². The number of rotatable bonds is 6. The number of nitrogens with zero attached hydrogens (tertiary/aromatic N) is 1. The molecule has 0 aliphatic carbocycles. The van der Waals surface area contributed by atoms with Crippen LogP contribution >= 0.6 is 11.3 Å². The molecule has 158 valence electrons. The molecular formula is C23H22N4O3S. The van der Waals surface area contributed by atoms with E-state index >= 15 is 0 Å². The van der Waals surface area contributed by atoms with Gasteiger partial charge in [0.05, 0.1) is 10.2 Å². The molecule has 0 unspecified atom stereocenters. The van der Waals surface area contributed by atoms with E-state index in [-0.39, 0.29) is 23.7 Å². The highest BCUT2D eigenvalue weighted by Crippen LogP contribution is 2.31. The summed E-state index contributed by atoms with van der Waals surface area (Å²) in [5.41, 5.74) is 2.49. The maximum Gasteiger partial charge on any atom is 0.319 e. The predicted octanol–water partition coefficient (Wildman–Crippen LogP) is 5.02. The van der Waals surface area contributed by atoms with Crippen molar-refractivity contribution in [1.29, 1.82) is 0 Å². The van der Waals surface area contributed by atoms with Gasteiger partial charge < -0.3 is 20.4 Å². The summed E-state index contributed by atoms with van der Waals surface area (Å²) in [6.45, 7) is 4.13. The van der Waals surface area contributed by atoms with Gasteiger partial charge >= 0.3 is 6.03 Å². The third kappa shape index (κ3) is 5.10. The van der Waals surface area contributed by atoms with E-state index in [0.29, 0.717) is 18.0 Å². The van der Waals surface area contributed by atoms with Gasteiger partial charge in [-0.1, -0.05) is 24.3 Å². The normalized spacial score (nSPS) is 10.9. The molecule has 8 heteroatoms. The van der Waals surface area contributed by atoms with Crippen molar-refractivity contribution in [3.63, 3.8) is 0 Å². The van der Waals surface area contributed by atoms with Crippen LogP contribution in [0.25, 0.3) is 21.0 Å². The highest BCUT2D eigenvalue weighted by atomic mass is 32.1. The van der Waals surface area contributed by atoms with Gasteiger partial charge in [-0.05, 0) is 55.8 Å². The fourth-order valence-electron chi connectivity index (χ4n) is 2.96. The minimum atomic E-state index is -0.300. The molecule has 2 heterocycles. The number of aromatic nitrogens is 1. The van der Waals surface area contributed by atoms with Crippen LogP contribution in [0, 0.1) is 0 Å². The van der Waals surface area contributed by atoms with E-state index in [9.17, 15) is 9.59 Å². The minimum Gasteiger partial charge on any atom is -0.448 e. The van der Waals surface area contributed by atoms with Gasteiger partial charge in [-0.3, -0.25) is 4.79 Å². The first kappa shape index (κ1) is 20.6. The van der Waals surface area contributed by atoms with E-state index in [1.807, 2.05) is 50.2 Å². The maximum atomic E-state index is 12.5. The van der Waals surface area contributed by atoms with E-state index in [0.717, 1.165) is 20.8 Å². The largest absolute Gasteiger partial charge is 0.448 e. The zero-order valence-corrected chi connectivity index (χ0v) is 18.0. The van der Waals surface area contributed by atoms with Gasteiger partial charge in [0.2, 0.25) is 0 Å². The number of thiazole rings is 1. The van der Waals surface area contributed by atoms with Crippen molar-refractivity contribution in [3.8, 4) is 10.8 Å². The summed E-state index contributed by atoms with van der Waals surface area (Å²) in [4.78, 5) is 28.8. The molecule has 0 radical (unpaired) electrons. The van der Waals surface area contributed by atoms with Crippen molar-refractivity contribution in [2.45, 2.75) is 26.4 Å². The lowest BCUT2D eigenvalue weighted by Crippen LogP contribution is -2.34. The molecule has 0 fully saturated rings. The van der Waals surface area contributed by atoms with Crippen molar-refractivity contribution in [2.24, 2.45) is 0 Å². The Kier molecular flexibility index (Phi) is 5.99. The van der Waals surface area contributed by atoms with Crippen molar-refractivity contribution < 1.29 is 14.0 Å². The highest BCUT2D eigenvalue weighted by Gasteiger charge is 2.15. The smallest absolute Gasteiger partial charge is 0.319 e. The third-order valence-corrected chi connectivity index (χ3v) is 5.47. The van der Waals surface area contributed by atoms with Crippen molar-refractivity contribution >= 4 is 39.2 Å². The van der Waals surface area contributed by atoms with Gasteiger partial charge in [-0.15, -0.1) is 11.3 Å². The summed E-state index contributed by atoms with van der Waals surface area (Å²) in [6.07, 6.45) is 0. The molecule has 7 nitrogen and oxygen atoms in total. The van der Waals surface area contributed by atoms with Gasteiger partial charge in [-0.2, -0.15) is 0 Å². The third-order valence-electron chi connectivity index (χ3n) is 4.42. The van der Waals surface area contributed by atoms with E-state index < -0.39 is 0 Å². The van der Waals surface area contributed by atoms with Crippen LogP contribution in [0.5, 0.6) is 0 Å². The van der Waals surface area contributed by atoms with E-state index in [1.165, 1.54) is 11.3 Å². The molecule has 4 aromatic rings. The Balaban J connectivity index is 1.34. The van der Waals surface area contributed by atoms with Crippen LogP contribution < -0.4 is 16.0 Å². The van der Waals surface area contributed by atoms with Gasteiger partial charge in [0, 0.05) is 18.3 Å². The fraction of sp³-hybridized carbons (Fsp3) is 0.174. The minimum absolute atomic E-state index is 0.0613. The highest BCUT2D eigenvalue weighted by molar-refractivity contribution is 7.21. The summed E-state index contributed by atoms with van der Waals surface area (Å²) in [7, 11) is 0. The number of carbonyl (C=O) groups is 2. The van der Waals surface area contributed by atoms with Gasteiger partial charge in [0.15, 0.2) is 16.5 Å². The number of para-hydroxylation sites is 1. The Hall–Kier alpha value is -3.65. The lowest BCUT2D eigenvalue weighted by molar-refractivity contribution is 0.0924. The number of hydrogen-bond donors (Lipinski definition) is 3. The first-order valence-corrected chi connectivity index (χ1v) is 10.7. The Bertz CT molecular complexity index is 1180. The summed E-state index contributed by atoms with van der Waals surface area (Å²) in [5.74, 6) is 0.505. The molecule has 2 aromatic heterocycles. The zero-order chi connectivity index (χ0) is 21.8. The molecule has 0 aliphatic rings. The van der Waals surface area contributed by atoms with Crippen LogP contribution in [0.4, 0.5) is 10.5 Å². The number of hydrogen-bond acceptors (Lipinski definition) is 5. The lowest BCUT2D eigenvalue weighted by Gasteiger charge is -2.10. The zero-order valence-electron chi connectivity index (χ0n) is 17.1. The molecule has 0 bridgehead atoms. The monoisotopic (exact) mass is 434 g/mol. The Morgan fingerprint density at radius 3 is 2.55 bits per heavy atom. The summed E-state index contributed by atoms with van der Waals surface area (Å²) >= 11 is 1.52. The van der Waals surface area contributed by atoms with E-state index in [1.54, 1.807) is 24.3 Å². The standard InChI is InChI=1S/C23H22N4O3S/c1-14(2)25-23(29)26-16-9-7-15(8-10-16)13-24-21(28)18-11-12-19(30-18)22-27-17-5-3-4-6-20(17)31-22/h3-12,14H,13H2,1-2H3,(H,24,28)(H2,25,26,29). The summed E-state index contributed by atoms with van der Waals surface area (Å²) in [5, 5.41) is 9.11. The van der Waals surface area contributed by atoms with Gasteiger partial charge in [0.25, 0.3) is 5.91 Å². The number of fused-ring (bicyclic) bond motifs is 1. The molecule has 4 rings (SSSR count). The van der Waals surface area contributed by atoms with Gasteiger partial charge in [-0.25, -0.2) is 9.78 Å². The molecule has 0 aliphatic heterocycles. The summed E-state index contributed by atoms with van der Waals surface area (Å²) < 4.78 is 6.79. The summed E-state index contributed by atoms with van der Waals surface area (Å²) in [6, 6.07) is 18.4. The molecule has 31 heavy (non-hydrogen) atoms. The van der Waals surface area contributed by atoms with E-state index in [2.05, 4.69) is 20.9 Å². The molecule has 0 saturated carbocycles.